The van der Waals surface area contributed by atoms with Crippen molar-refractivity contribution in [2.75, 3.05) is 0 Å². The average molecular weight is 191 g/mol. The second-order valence-corrected chi connectivity index (χ2v) is 3.69. The zero-order chi connectivity index (χ0) is 8.48. The van der Waals surface area contributed by atoms with Gasteiger partial charge in [-0.1, -0.05) is 11.6 Å². The molecule has 0 aromatic carbocycles. The third-order valence-corrected chi connectivity index (χ3v) is 2.87. The van der Waals surface area contributed by atoms with Crippen molar-refractivity contribution in [1.82, 2.24) is 0 Å². The molecule has 1 atom stereocenters. The van der Waals surface area contributed by atoms with Gasteiger partial charge in [0.2, 0.25) is 0 Å². The molecule has 0 amide bonds. The topological polar surface area (TPSA) is 37.3 Å². The number of rotatable bonds is 2. The summed E-state index contributed by atoms with van der Waals surface area (Å²) < 4.78 is 0. The summed E-state index contributed by atoms with van der Waals surface area (Å²) in [5, 5.41) is 11.6. The molecular formula is C7H7ClO2S. The summed E-state index contributed by atoms with van der Waals surface area (Å²) in [4.78, 5) is 10.9. The van der Waals surface area contributed by atoms with Crippen LogP contribution in [0.5, 0.6) is 0 Å². The molecule has 1 aromatic rings. The first-order valence-corrected chi connectivity index (χ1v) is 4.26. The van der Waals surface area contributed by atoms with Crippen molar-refractivity contribution in [2.45, 2.75) is 12.5 Å². The first-order valence-electron chi connectivity index (χ1n) is 3.00. The highest BCUT2D eigenvalue weighted by molar-refractivity contribution is 7.10. The van der Waals surface area contributed by atoms with Gasteiger partial charge in [-0.3, -0.25) is 4.79 Å². The van der Waals surface area contributed by atoms with Gasteiger partial charge in [0.1, 0.15) is 0 Å². The van der Waals surface area contributed by atoms with Gasteiger partial charge in [0.25, 0.3) is 0 Å². The standard InChI is InChI=1S/C7H7ClO2S/c1-7(10,4-9)6-5(8)2-3-11-6/h2-4,10H,1H3. The molecule has 1 unspecified atom stereocenters. The highest BCUT2D eigenvalue weighted by atomic mass is 35.5. The number of carbonyl (C=O) groups is 1. The molecule has 0 saturated heterocycles. The fourth-order valence-electron chi connectivity index (χ4n) is 0.708. The van der Waals surface area contributed by atoms with Crippen molar-refractivity contribution in [2.24, 2.45) is 0 Å². The molecule has 0 saturated carbocycles. The molecule has 0 aliphatic heterocycles. The molecule has 1 N–H and O–H groups in total. The fraction of sp³-hybridized carbons (Fsp3) is 0.286. The lowest BCUT2D eigenvalue weighted by molar-refractivity contribution is -0.122. The lowest BCUT2D eigenvalue weighted by Crippen LogP contribution is -2.21. The SMILES string of the molecule is CC(O)(C=O)c1sccc1Cl. The molecule has 0 spiro atoms. The summed E-state index contributed by atoms with van der Waals surface area (Å²) in [6.45, 7) is 1.41. The number of aliphatic hydroxyl groups is 1. The first-order chi connectivity index (χ1) is 5.08. The number of hydrogen-bond acceptors (Lipinski definition) is 3. The zero-order valence-electron chi connectivity index (χ0n) is 5.87. The Labute approximate surface area is 73.4 Å². The van der Waals surface area contributed by atoms with Gasteiger partial charge < -0.3 is 5.11 Å². The van der Waals surface area contributed by atoms with E-state index in [1.807, 2.05) is 0 Å². The van der Waals surface area contributed by atoms with Crippen LogP contribution in [-0.2, 0) is 10.4 Å². The molecule has 0 aliphatic rings. The number of hydrogen-bond donors (Lipinski definition) is 1. The van der Waals surface area contributed by atoms with Gasteiger partial charge in [-0.25, -0.2) is 0 Å². The largest absolute Gasteiger partial charge is 0.377 e. The number of halogens is 1. The van der Waals surface area contributed by atoms with Gasteiger partial charge in [0.15, 0.2) is 11.9 Å². The maximum absolute atomic E-state index is 10.4. The molecule has 4 heteroatoms. The van der Waals surface area contributed by atoms with Crippen molar-refractivity contribution >= 4 is 29.2 Å². The number of thiophene rings is 1. The summed E-state index contributed by atoms with van der Waals surface area (Å²) in [5.41, 5.74) is -1.44. The van der Waals surface area contributed by atoms with Gasteiger partial charge in [0, 0.05) is 0 Å². The third kappa shape index (κ3) is 1.61. The quantitative estimate of drug-likeness (QED) is 0.723. The van der Waals surface area contributed by atoms with E-state index in [1.54, 1.807) is 11.4 Å². The van der Waals surface area contributed by atoms with E-state index in [9.17, 15) is 9.90 Å². The van der Waals surface area contributed by atoms with Crippen LogP contribution in [0.4, 0.5) is 0 Å². The van der Waals surface area contributed by atoms with E-state index in [-0.39, 0.29) is 0 Å². The Balaban J connectivity index is 3.10. The predicted molar refractivity (Wildman–Crippen MR) is 45.0 cm³/mol. The second kappa shape index (κ2) is 2.93. The van der Waals surface area contributed by atoms with Crippen molar-refractivity contribution in [3.8, 4) is 0 Å². The Morgan fingerprint density at radius 3 is 2.82 bits per heavy atom. The Hall–Kier alpha value is -0.380. The summed E-state index contributed by atoms with van der Waals surface area (Å²) in [7, 11) is 0. The van der Waals surface area contributed by atoms with Crippen molar-refractivity contribution < 1.29 is 9.90 Å². The molecule has 1 aromatic heterocycles. The maximum atomic E-state index is 10.4. The summed E-state index contributed by atoms with van der Waals surface area (Å²) in [6, 6.07) is 1.65. The van der Waals surface area contributed by atoms with Crippen molar-refractivity contribution in [3.05, 3.63) is 21.3 Å². The van der Waals surface area contributed by atoms with Crippen LogP contribution in [0.25, 0.3) is 0 Å². The minimum atomic E-state index is -1.44. The summed E-state index contributed by atoms with van der Waals surface area (Å²) in [5.74, 6) is 0. The molecule has 2 nitrogen and oxygen atoms in total. The van der Waals surface area contributed by atoms with Crippen LogP contribution in [0.15, 0.2) is 11.4 Å². The monoisotopic (exact) mass is 190 g/mol. The Kier molecular flexibility index (Phi) is 2.32. The molecule has 60 valence electrons. The smallest absolute Gasteiger partial charge is 0.156 e. The van der Waals surface area contributed by atoms with Gasteiger partial charge in [-0.15, -0.1) is 11.3 Å². The van der Waals surface area contributed by atoms with Crippen LogP contribution in [0.2, 0.25) is 5.02 Å². The van der Waals surface area contributed by atoms with Gasteiger partial charge in [0.05, 0.1) is 9.90 Å². The highest BCUT2D eigenvalue weighted by Gasteiger charge is 2.25. The Bertz CT molecular complexity index is 267. The molecule has 0 bridgehead atoms. The van der Waals surface area contributed by atoms with E-state index in [0.717, 1.165) is 0 Å². The molecular weight excluding hydrogens is 184 g/mol. The predicted octanol–water partition coefficient (Wildman–Crippen LogP) is 1.81. The van der Waals surface area contributed by atoms with Crippen LogP contribution < -0.4 is 0 Å². The molecule has 1 heterocycles. The molecule has 0 radical (unpaired) electrons. The highest BCUT2D eigenvalue weighted by Crippen LogP contribution is 2.31. The third-order valence-electron chi connectivity index (χ3n) is 1.31. The molecule has 0 aliphatic carbocycles. The summed E-state index contributed by atoms with van der Waals surface area (Å²) >= 11 is 6.96. The van der Waals surface area contributed by atoms with Crippen LogP contribution >= 0.6 is 22.9 Å². The van der Waals surface area contributed by atoms with E-state index in [0.29, 0.717) is 16.2 Å². The normalized spacial score (nSPS) is 15.9. The minimum absolute atomic E-state index is 0.437. The van der Waals surface area contributed by atoms with E-state index >= 15 is 0 Å². The lowest BCUT2D eigenvalue weighted by atomic mass is 10.1. The minimum Gasteiger partial charge on any atom is -0.377 e. The van der Waals surface area contributed by atoms with E-state index in [2.05, 4.69) is 0 Å². The first kappa shape index (κ1) is 8.71. The van der Waals surface area contributed by atoms with Crippen LogP contribution in [0, 0.1) is 0 Å². The number of carbonyl (C=O) groups excluding carboxylic acids is 1. The van der Waals surface area contributed by atoms with Crippen molar-refractivity contribution in [1.29, 1.82) is 0 Å². The molecule has 11 heavy (non-hydrogen) atoms. The van der Waals surface area contributed by atoms with Gasteiger partial charge in [-0.05, 0) is 18.4 Å². The van der Waals surface area contributed by atoms with Gasteiger partial charge >= 0.3 is 0 Å². The van der Waals surface area contributed by atoms with Gasteiger partial charge in [-0.2, -0.15) is 0 Å². The van der Waals surface area contributed by atoms with Crippen LogP contribution in [0.1, 0.15) is 11.8 Å². The Morgan fingerprint density at radius 2 is 2.45 bits per heavy atom. The number of aldehydes is 1. The molecule has 0 fully saturated rings. The van der Waals surface area contributed by atoms with E-state index < -0.39 is 5.60 Å². The van der Waals surface area contributed by atoms with E-state index in [4.69, 9.17) is 11.6 Å². The second-order valence-electron chi connectivity index (χ2n) is 2.36. The zero-order valence-corrected chi connectivity index (χ0v) is 7.45. The Morgan fingerprint density at radius 1 is 1.82 bits per heavy atom. The average Bonchev–Trinajstić information content (AvgIpc) is 2.36. The van der Waals surface area contributed by atoms with E-state index in [1.165, 1.54) is 18.3 Å². The maximum Gasteiger partial charge on any atom is 0.156 e. The summed E-state index contributed by atoms with van der Waals surface area (Å²) in [6.07, 6.45) is 0.477. The fourth-order valence-corrected chi connectivity index (χ4v) is 1.98. The molecule has 1 rings (SSSR count). The van der Waals surface area contributed by atoms with Crippen LogP contribution in [-0.4, -0.2) is 11.4 Å². The van der Waals surface area contributed by atoms with Crippen molar-refractivity contribution in [3.63, 3.8) is 0 Å². The lowest BCUT2D eigenvalue weighted by Gasteiger charge is -2.13. The van der Waals surface area contributed by atoms with Crippen LogP contribution in [0.3, 0.4) is 0 Å².